The maximum atomic E-state index is 0. The summed E-state index contributed by atoms with van der Waals surface area (Å²) in [6.45, 7) is 0. The van der Waals surface area contributed by atoms with Gasteiger partial charge < -0.3 is 7.56 Å². The second-order valence-electron chi connectivity index (χ2n) is 0. The predicted octanol–water partition coefficient (Wildman–Crippen LogP) is -6.00. The second-order valence-corrected chi connectivity index (χ2v) is 0. The van der Waals surface area contributed by atoms with E-state index in [0.29, 0.717) is 0 Å². The second kappa shape index (κ2) is 22.1. The molecule has 0 saturated carbocycles. The van der Waals surface area contributed by atoms with Crippen molar-refractivity contribution in [3.8, 4) is 0 Å². The fraction of sp³-hybridized carbons (Fsp3) is 0. The summed E-state index contributed by atoms with van der Waals surface area (Å²) in [6.07, 6.45) is 0. The average molecular weight is 88.0 g/mol. The maximum absolute atomic E-state index is 0. The fourth-order valence-electron chi connectivity index (χ4n) is 0. The van der Waals surface area contributed by atoms with E-state index < -0.39 is 0 Å². The van der Waals surface area contributed by atoms with E-state index in [1.807, 2.05) is 0 Å². The molecule has 0 aromatic carbocycles. The van der Waals surface area contributed by atoms with Gasteiger partial charge in [-0.25, -0.2) is 0 Å². The summed E-state index contributed by atoms with van der Waals surface area (Å²) in [5, 5.41) is 0. The molecule has 0 saturated heterocycles. The van der Waals surface area contributed by atoms with Crippen LogP contribution in [0, 0.1) is 0 Å². The van der Waals surface area contributed by atoms with Crippen LogP contribution in [0.15, 0.2) is 0 Å². The molecule has 0 fully saturated rings. The van der Waals surface area contributed by atoms with Crippen LogP contribution in [0.4, 0.5) is 4.70 Å². The molecule has 0 aliphatic heterocycles. The summed E-state index contributed by atoms with van der Waals surface area (Å²) >= 11 is 0. The van der Waals surface area contributed by atoms with Gasteiger partial charge in [0.25, 0.3) is 0 Å². The van der Waals surface area contributed by atoms with Gasteiger partial charge in [-0.05, 0) is 0 Å². The van der Waals surface area contributed by atoms with Crippen molar-refractivity contribution in [2.45, 2.75) is 0 Å². The summed E-state index contributed by atoms with van der Waals surface area (Å²) in [4.78, 5) is 0. The largest absolute Gasteiger partial charge is 2.00 e. The van der Waals surface area contributed by atoms with Crippen molar-refractivity contribution in [2.24, 2.45) is 0 Å². The Balaban J connectivity index is 0. The molecule has 0 radical (unpaired) electrons. The molecule has 0 aromatic heterocycles. The van der Waals surface area contributed by atoms with E-state index in [1.54, 1.807) is 0 Å². The average Bonchev–Trinajstić information content (AvgIpc) is 0. The molecule has 0 amide bonds. The molecule has 0 unspecified atom stereocenters. The molecule has 0 nitrogen and oxygen atoms in total. The van der Waals surface area contributed by atoms with Crippen LogP contribution in [0.5, 0.6) is 0 Å². The molecule has 4 heavy (non-hydrogen) atoms. The topological polar surface area (TPSA) is 0 Å². The van der Waals surface area contributed by atoms with Crippen molar-refractivity contribution in [2.75, 3.05) is 0 Å². The minimum absolute atomic E-state index is 0. The predicted molar refractivity (Wildman–Crippen MR) is 10.5 cm³/mol. The van der Waals surface area contributed by atoms with Crippen LogP contribution in [-0.2, 0) is 0 Å². The van der Waals surface area contributed by atoms with Gasteiger partial charge in [0.05, 0.1) is 0 Å². The maximum Gasteiger partial charge on any atom is 2.00 e. The zero-order valence-corrected chi connectivity index (χ0v) is 4.70. The summed E-state index contributed by atoms with van der Waals surface area (Å²) in [5.74, 6) is 0. The Labute approximate surface area is 68.2 Å². The van der Waals surface area contributed by atoms with E-state index in [4.69, 9.17) is 0 Å². The number of halogens is 2. The third-order valence-electron chi connectivity index (χ3n) is 0. The molecule has 0 spiro atoms. The van der Waals surface area contributed by atoms with Gasteiger partial charge in [0.1, 0.15) is 0 Å². The number of hydrogen-bond donors (Lipinski definition) is 0. The molecule has 20 valence electrons. The standard InChI is InChI=1S/Ca.2FH.Li.2H/h;2*1H;;;/q+2;;;+1;2*-1/p-1. The van der Waals surface area contributed by atoms with Gasteiger partial charge in [-0.2, -0.15) is 0 Å². The van der Waals surface area contributed by atoms with E-state index in [-0.39, 0.29) is 68.9 Å². The minimum atomic E-state index is 0. The van der Waals surface area contributed by atoms with Crippen molar-refractivity contribution in [3.05, 3.63) is 0 Å². The van der Waals surface area contributed by atoms with Crippen LogP contribution < -0.4 is 23.6 Å². The Hall–Kier alpha value is 1.72. The van der Waals surface area contributed by atoms with Crippen LogP contribution in [0.3, 0.4) is 0 Å². The molecule has 0 aliphatic rings. The van der Waals surface area contributed by atoms with Crippen molar-refractivity contribution in [3.63, 3.8) is 0 Å². The summed E-state index contributed by atoms with van der Waals surface area (Å²) < 4.78 is 0. The first-order chi connectivity index (χ1) is 0. The molecular formula is H3CaF2Li. The van der Waals surface area contributed by atoms with Crippen molar-refractivity contribution in [1.29, 1.82) is 0 Å². The third-order valence-corrected chi connectivity index (χ3v) is 0. The van der Waals surface area contributed by atoms with Crippen LogP contribution >= 0.6 is 0 Å². The van der Waals surface area contributed by atoms with Gasteiger partial charge in [-0.1, -0.05) is 0 Å². The fourth-order valence-corrected chi connectivity index (χ4v) is 0. The first kappa shape index (κ1) is 43.1. The molecule has 0 N–H and O–H groups in total. The molecule has 0 aliphatic carbocycles. The molecule has 4 heteroatoms. The monoisotopic (exact) mass is 88.0 g/mol. The summed E-state index contributed by atoms with van der Waals surface area (Å²) in [6, 6.07) is 0. The molecule has 0 rings (SSSR count). The zero-order valence-electron chi connectivity index (χ0n) is 4.49. The van der Waals surface area contributed by atoms with Gasteiger partial charge in [-0.3, -0.25) is 4.70 Å². The molecule has 0 atom stereocenters. The Kier molecular flexibility index (Phi) is 238. The van der Waals surface area contributed by atoms with Gasteiger partial charge >= 0.3 is 56.6 Å². The van der Waals surface area contributed by atoms with E-state index in [1.165, 1.54) is 0 Å². The van der Waals surface area contributed by atoms with Crippen molar-refractivity contribution >= 4 is 37.7 Å². The van der Waals surface area contributed by atoms with Crippen LogP contribution in [0.1, 0.15) is 2.85 Å². The Morgan fingerprint density at radius 3 is 1.25 bits per heavy atom. The van der Waals surface area contributed by atoms with Gasteiger partial charge in [0, 0.05) is 0 Å². The first-order valence-corrected chi connectivity index (χ1v) is 0. The Morgan fingerprint density at radius 2 is 1.25 bits per heavy atom. The smallest absolute Gasteiger partial charge is 1.00 e. The molecule has 0 bridgehead atoms. The van der Waals surface area contributed by atoms with Crippen molar-refractivity contribution < 1.29 is 31.1 Å². The van der Waals surface area contributed by atoms with E-state index in [9.17, 15) is 0 Å². The number of hydrogen-bond acceptors (Lipinski definition) is 0. The quantitative estimate of drug-likeness (QED) is 0.259. The molecule has 0 heterocycles. The summed E-state index contributed by atoms with van der Waals surface area (Å²) in [7, 11) is 0. The van der Waals surface area contributed by atoms with Crippen molar-refractivity contribution in [1.82, 2.24) is 0 Å². The summed E-state index contributed by atoms with van der Waals surface area (Å²) in [5.41, 5.74) is 0. The van der Waals surface area contributed by atoms with Crippen LogP contribution in [0.2, 0.25) is 0 Å². The zero-order chi connectivity index (χ0) is 0. The van der Waals surface area contributed by atoms with Crippen LogP contribution in [0.25, 0.3) is 0 Å². The van der Waals surface area contributed by atoms with E-state index in [2.05, 4.69) is 0 Å². The molecular weight excluding hydrogens is 85.0 g/mol. The third kappa shape index (κ3) is 9.31. The molecule has 0 aromatic rings. The first-order valence-electron chi connectivity index (χ1n) is 0. The normalized spacial score (nSPS) is 0. The van der Waals surface area contributed by atoms with Crippen LogP contribution in [-0.4, -0.2) is 37.7 Å². The Morgan fingerprint density at radius 1 is 1.25 bits per heavy atom. The minimum Gasteiger partial charge on any atom is -1.00 e. The van der Waals surface area contributed by atoms with Gasteiger partial charge in [0.15, 0.2) is 0 Å². The number of rotatable bonds is 0. The Bertz CT molecular complexity index is 11.5. The van der Waals surface area contributed by atoms with Gasteiger partial charge in [0.2, 0.25) is 0 Å². The van der Waals surface area contributed by atoms with E-state index in [0.717, 1.165) is 0 Å². The van der Waals surface area contributed by atoms with E-state index >= 15 is 0 Å². The SMILES string of the molecule is F.[Ca+2].[F-].[H-].[H-].[Li+]. The van der Waals surface area contributed by atoms with Gasteiger partial charge in [-0.15, -0.1) is 0 Å².